The Morgan fingerprint density at radius 2 is 1.71 bits per heavy atom. The molecule has 0 radical (unpaired) electrons. The number of nitrogens with zero attached hydrogens (tertiary/aromatic N) is 2. The Labute approximate surface area is 252 Å². The summed E-state index contributed by atoms with van der Waals surface area (Å²) in [4.78, 5) is 28.8. The highest BCUT2D eigenvalue weighted by molar-refractivity contribution is 7.92. The third-order valence-corrected chi connectivity index (χ3v) is 8.82. The van der Waals surface area contributed by atoms with Crippen molar-refractivity contribution < 1.29 is 22.7 Å². The zero-order valence-electron chi connectivity index (χ0n) is 23.3. The molecule has 0 spiro atoms. The van der Waals surface area contributed by atoms with Crippen LogP contribution in [-0.4, -0.2) is 51.4 Å². The van der Waals surface area contributed by atoms with E-state index in [4.69, 9.17) is 27.9 Å². The summed E-state index contributed by atoms with van der Waals surface area (Å²) >= 11 is 12.7. The highest BCUT2D eigenvalue weighted by Gasteiger charge is 2.34. The number of nitrogens with one attached hydrogen (secondary N) is 1. The number of amides is 2. The number of unbranched alkanes of at least 4 members (excludes halogenated alkanes) is 1. The average Bonchev–Trinajstić information content (AvgIpc) is 2.97. The number of hydrogen-bond acceptors (Lipinski definition) is 5. The molecule has 3 rings (SSSR count). The molecule has 8 nitrogen and oxygen atoms in total. The van der Waals surface area contributed by atoms with Gasteiger partial charge in [0.1, 0.15) is 18.3 Å². The fourth-order valence-corrected chi connectivity index (χ4v) is 6.19. The summed E-state index contributed by atoms with van der Waals surface area (Å²) < 4.78 is 34.1. The number of halogens is 2. The monoisotopic (exact) mass is 619 g/mol. The first-order valence-corrected chi connectivity index (χ1v) is 15.5. The predicted molar refractivity (Wildman–Crippen MR) is 163 cm³/mol. The van der Waals surface area contributed by atoms with Crippen LogP contribution in [-0.2, 0) is 26.2 Å². The molecule has 220 valence electrons. The normalized spacial score (nSPS) is 11.9. The van der Waals surface area contributed by atoms with Crippen molar-refractivity contribution in [1.29, 1.82) is 0 Å². The summed E-state index contributed by atoms with van der Waals surface area (Å²) in [6.07, 6.45) is 2.01. The molecule has 0 fully saturated rings. The molecule has 0 saturated heterocycles. The van der Waals surface area contributed by atoms with E-state index < -0.39 is 28.5 Å². The number of benzene rings is 3. The molecule has 2 amide bonds. The number of methoxy groups -OCH3 is 1. The minimum Gasteiger partial charge on any atom is -0.497 e. The van der Waals surface area contributed by atoms with E-state index in [1.165, 1.54) is 35.2 Å². The second-order valence-electron chi connectivity index (χ2n) is 9.36. The van der Waals surface area contributed by atoms with Crippen molar-refractivity contribution in [2.75, 3.05) is 24.5 Å². The van der Waals surface area contributed by atoms with Crippen LogP contribution in [0.5, 0.6) is 5.75 Å². The van der Waals surface area contributed by atoms with Gasteiger partial charge in [0.2, 0.25) is 11.8 Å². The van der Waals surface area contributed by atoms with E-state index in [0.717, 1.165) is 22.7 Å². The van der Waals surface area contributed by atoms with Gasteiger partial charge in [0.25, 0.3) is 10.0 Å². The van der Waals surface area contributed by atoms with E-state index in [1.54, 1.807) is 43.5 Å². The molecule has 1 N–H and O–H groups in total. The number of carbonyl (C=O) groups is 2. The zero-order chi connectivity index (χ0) is 30.0. The second-order valence-corrected chi connectivity index (χ2v) is 12.1. The summed E-state index contributed by atoms with van der Waals surface area (Å²) in [5, 5.41) is 3.26. The first-order valence-electron chi connectivity index (χ1n) is 13.3. The van der Waals surface area contributed by atoms with Crippen molar-refractivity contribution >= 4 is 50.7 Å². The Bertz CT molecular complexity index is 1440. The molecular formula is C30H35Cl2N3O5S. The van der Waals surface area contributed by atoms with E-state index in [2.05, 4.69) is 5.32 Å². The van der Waals surface area contributed by atoms with E-state index in [0.29, 0.717) is 18.7 Å². The molecule has 0 aliphatic heterocycles. The van der Waals surface area contributed by atoms with Crippen LogP contribution in [0.2, 0.25) is 10.0 Å². The average molecular weight is 621 g/mol. The van der Waals surface area contributed by atoms with Gasteiger partial charge in [0, 0.05) is 18.1 Å². The third-order valence-electron chi connectivity index (χ3n) is 6.49. The quantitative estimate of drug-likeness (QED) is 0.226. The van der Waals surface area contributed by atoms with Crippen LogP contribution in [0.25, 0.3) is 0 Å². The van der Waals surface area contributed by atoms with Gasteiger partial charge in [-0.1, -0.05) is 73.8 Å². The van der Waals surface area contributed by atoms with Crippen LogP contribution in [0.3, 0.4) is 0 Å². The van der Waals surface area contributed by atoms with Crippen LogP contribution in [0.4, 0.5) is 5.69 Å². The maximum atomic E-state index is 14.1. The van der Waals surface area contributed by atoms with Crippen molar-refractivity contribution in [3.63, 3.8) is 0 Å². The lowest BCUT2D eigenvalue weighted by Crippen LogP contribution is -2.52. The van der Waals surface area contributed by atoms with Crippen LogP contribution < -0.4 is 14.4 Å². The minimum atomic E-state index is -4.25. The molecule has 0 bridgehead atoms. The molecule has 11 heteroatoms. The first kappa shape index (κ1) is 32.2. The second kappa shape index (κ2) is 15.1. The molecule has 41 heavy (non-hydrogen) atoms. The van der Waals surface area contributed by atoms with Crippen LogP contribution >= 0.6 is 23.2 Å². The summed E-state index contributed by atoms with van der Waals surface area (Å²) in [5.41, 5.74) is 0.772. The first-order chi connectivity index (χ1) is 19.6. The lowest BCUT2D eigenvalue weighted by atomic mass is 10.1. The Morgan fingerprint density at radius 1 is 0.976 bits per heavy atom. The molecule has 1 atom stereocenters. The lowest BCUT2D eigenvalue weighted by molar-refractivity contribution is -0.140. The predicted octanol–water partition coefficient (Wildman–Crippen LogP) is 5.92. The van der Waals surface area contributed by atoms with Gasteiger partial charge in [-0.3, -0.25) is 13.9 Å². The van der Waals surface area contributed by atoms with Crippen molar-refractivity contribution in [3.05, 3.63) is 88.4 Å². The Kier molecular flexibility index (Phi) is 11.9. The van der Waals surface area contributed by atoms with Crippen molar-refractivity contribution in [3.8, 4) is 5.75 Å². The smallest absolute Gasteiger partial charge is 0.264 e. The molecular weight excluding hydrogens is 585 g/mol. The van der Waals surface area contributed by atoms with Crippen molar-refractivity contribution in [2.24, 2.45) is 0 Å². The number of ether oxygens (including phenoxy) is 1. The van der Waals surface area contributed by atoms with Crippen molar-refractivity contribution in [1.82, 2.24) is 10.2 Å². The number of anilines is 1. The highest BCUT2D eigenvalue weighted by atomic mass is 35.5. The molecule has 0 saturated carbocycles. The van der Waals surface area contributed by atoms with Crippen LogP contribution in [0.1, 0.15) is 38.7 Å². The summed E-state index contributed by atoms with van der Waals surface area (Å²) in [5.74, 6) is -0.300. The largest absolute Gasteiger partial charge is 0.497 e. The SMILES string of the molecule is CCCCNC(=O)[C@H](CC)N(Cc1cccc(OC)c1)C(=O)CN(c1cc(Cl)ccc1Cl)S(=O)(=O)c1ccccc1. The molecule has 3 aromatic rings. The number of rotatable bonds is 14. The highest BCUT2D eigenvalue weighted by Crippen LogP contribution is 2.33. The van der Waals surface area contributed by atoms with Gasteiger partial charge in [0.05, 0.1) is 22.7 Å². The maximum absolute atomic E-state index is 14.1. The molecule has 0 unspecified atom stereocenters. The molecule has 0 heterocycles. The third kappa shape index (κ3) is 8.38. The fourth-order valence-electron chi connectivity index (χ4n) is 4.30. The zero-order valence-corrected chi connectivity index (χ0v) is 25.7. The standard InChI is InChI=1S/C30H35Cl2N3O5S/c1-4-6-17-33-30(37)27(5-2)34(20-22-11-10-12-24(18-22)40-3)29(36)21-35(28-19-23(31)15-16-26(28)32)41(38,39)25-13-8-7-9-14-25/h7-16,18-19,27H,4-6,17,20-21H2,1-3H3,(H,33,37)/t27-/m0/s1. The maximum Gasteiger partial charge on any atom is 0.264 e. The topological polar surface area (TPSA) is 96.0 Å². The minimum absolute atomic E-state index is 0.0208. The van der Waals surface area contributed by atoms with Gasteiger partial charge in [-0.25, -0.2) is 8.42 Å². The number of sulfonamides is 1. The number of carbonyl (C=O) groups excluding carboxylic acids is 2. The van der Waals surface area contributed by atoms with Gasteiger partial charge in [-0.2, -0.15) is 0 Å². The Hall–Kier alpha value is -3.27. The summed E-state index contributed by atoms with van der Waals surface area (Å²) in [7, 11) is -2.71. The van der Waals surface area contributed by atoms with E-state index in [1.807, 2.05) is 19.9 Å². The van der Waals surface area contributed by atoms with Crippen molar-refractivity contribution in [2.45, 2.75) is 50.6 Å². The van der Waals surface area contributed by atoms with Gasteiger partial charge in [0.15, 0.2) is 0 Å². The summed E-state index contributed by atoms with van der Waals surface area (Å²) in [6.45, 7) is 3.74. The molecule has 0 aliphatic carbocycles. The molecule has 0 aliphatic rings. The molecule has 3 aromatic carbocycles. The van der Waals surface area contributed by atoms with Crippen LogP contribution in [0, 0.1) is 0 Å². The van der Waals surface area contributed by atoms with Gasteiger partial charge in [-0.15, -0.1) is 0 Å². The van der Waals surface area contributed by atoms with Crippen LogP contribution in [0.15, 0.2) is 77.7 Å². The Balaban J connectivity index is 2.07. The van der Waals surface area contributed by atoms with Gasteiger partial charge >= 0.3 is 0 Å². The van der Waals surface area contributed by atoms with Gasteiger partial charge < -0.3 is 15.0 Å². The van der Waals surface area contributed by atoms with Gasteiger partial charge in [-0.05, 0) is 60.9 Å². The van der Waals surface area contributed by atoms with E-state index >= 15 is 0 Å². The lowest BCUT2D eigenvalue weighted by Gasteiger charge is -2.33. The summed E-state index contributed by atoms with van der Waals surface area (Å²) in [6, 6.07) is 18.5. The molecule has 0 aromatic heterocycles. The number of hydrogen-bond donors (Lipinski definition) is 1. The fraction of sp³-hybridized carbons (Fsp3) is 0.333. The Morgan fingerprint density at radius 3 is 2.37 bits per heavy atom. The van der Waals surface area contributed by atoms with E-state index in [-0.39, 0.29) is 33.1 Å². The van der Waals surface area contributed by atoms with E-state index in [9.17, 15) is 18.0 Å².